The number of hydrogen-bond acceptors (Lipinski definition) is 11. The Hall–Kier alpha value is -3.62. The van der Waals surface area contributed by atoms with Crippen molar-refractivity contribution in [1.29, 1.82) is 0 Å². The van der Waals surface area contributed by atoms with Gasteiger partial charge in [0.25, 0.3) is 5.91 Å². The zero-order valence-corrected chi connectivity index (χ0v) is 24.3. The Kier molecular flexibility index (Phi) is 9.76. The van der Waals surface area contributed by atoms with Crippen LogP contribution in [0.4, 0.5) is 9.93 Å². The molecule has 3 amide bonds. The maximum atomic E-state index is 13.3. The number of thiazole rings is 1. The number of hydrogen-bond donors (Lipinski definition) is 3. The van der Waals surface area contributed by atoms with Crippen molar-refractivity contribution in [3.05, 3.63) is 20.5 Å². The number of halogens is 1. The van der Waals surface area contributed by atoms with Crippen LogP contribution in [0.1, 0.15) is 61.1 Å². The molecule has 15 nitrogen and oxygen atoms in total. The molecule has 2 heterocycles. The zero-order chi connectivity index (χ0) is 29.8. The molecule has 1 aliphatic rings. The number of aromatic nitrogens is 1. The Labute approximate surface area is 233 Å². The minimum atomic E-state index is -1.64. The van der Waals surface area contributed by atoms with E-state index in [1.54, 1.807) is 41.5 Å². The van der Waals surface area contributed by atoms with Crippen LogP contribution in [-0.4, -0.2) is 70.0 Å². The summed E-state index contributed by atoms with van der Waals surface area (Å²) in [4.78, 5) is 62.3. The van der Waals surface area contributed by atoms with E-state index < -0.39 is 58.5 Å². The lowest BCUT2D eigenvalue weighted by atomic mass is 9.99. The van der Waals surface area contributed by atoms with Gasteiger partial charge >= 0.3 is 12.1 Å². The lowest BCUT2D eigenvalue weighted by molar-refractivity contribution is -0.179. The van der Waals surface area contributed by atoms with E-state index in [1.807, 2.05) is 0 Å². The van der Waals surface area contributed by atoms with Gasteiger partial charge in [0.05, 0.1) is 6.04 Å². The molecule has 0 spiro atoms. The Morgan fingerprint density at radius 1 is 1.13 bits per heavy atom. The predicted octanol–water partition coefficient (Wildman–Crippen LogP) is 3.28. The molecule has 2 atom stereocenters. The van der Waals surface area contributed by atoms with Gasteiger partial charge in [-0.2, -0.15) is 0 Å². The highest BCUT2D eigenvalue weighted by atomic mass is 35.5. The Balaban J connectivity index is 2.39. The maximum absolute atomic E-state index is 13.3. The van der Waals surface area contributed by atoms with Crippen molar-refractivity contribution in [3.8, 4) is 0 Å². The first-order valence-corrected chi connectivity index (χ1v) is 12.8. The first kappa shape index (κ1) is 31.6. The van der Waals surface area contributed by atoms with Crippen molar-refractivity contribution in [1.82, 2.24) is 15.6 Å². The van der Waals surface area contributed by atoms with Gasteiger partial charge in [0.15, 0.2) is 10.8 Å². The number of oxime groups is 1. The number of β-lactam (4-membered cyclic amide) rings is 1. The van der Waals surface area contributed by atoms with Gasteiger partial charge in [-0.1, -0.05) is 33.2 Å². The second-order valence-electron chi connectivity index (χ2n) is 10.8. The van der Waals surface area contributed by atoms with E-state index >= 15 is 0 Å². The molecule has 17 heteroatoms. The number of esters is 1. The van der Waals surface area contributed by atoms with Crippen LogP contribution in [0.25, 0.3) is 10.4 Å². The van der Waals surface area contributed by atoms with Crippen LogP contribution in [0.5, 0.6) is 0 Å². The number of amides is 3. The molecule has 2 rings (SSSR count). The van der Waals surface area contributed by atoms with E-state index in [2.05, 4.69) is 36.1 Å². The summed E-state index contributed by atoms with van der Waals surface area (Å²) in [5.41, 5.74) is 4.62. The molecule has 1 aromatic rings. The molecule has 0 unspecified atom stereocenters. The number of nitrogens with zero attached hydrogens (tertiary/aromatic N) is 5. The molecule has 0 saturated carbocycles. The molecular formula is C22H31ClN8O7S. The fourth-order valence-corrected chi connectivity index (χ4v) is 3.81. The van der Waals surface area contributed by atoms with Gasteiger partial charge in [-0.15, -0.1) is 0 Å². The van der Waals surface area contributed by atoms with E-state index in [4.69, 9.17) is 31.4 Å². The number of ether oxygens (including phenoxy) is 2. The second-order valence-corrected chi connectivity index (χ2v) is 12.4. The van der Waals surface area contributed by atoms with Crippen molar-refractivity contribution in [2.24, 2.45) is 10.3 Å². The fourth-order valence-electron chi connectivity index (χ4n) is 2.78. The fraction of sp³-hybridized carbons (Fsp3) is 0.636. The highest BCUT2D eigenvalue weighted by Crippen LogP contribution is 2.30. The summed E-state index contributed by atoms with van der Waals surface area (Å²) in [7, 11) is 0. The van der Waals surface area contributed by atoms with Crippen LogP contribution < -0.4 is 16.0 Å². The first-order chi connectivity index (χ1) is 17.8. The molecule has 3 N–H and O–H groups in total. The zero-order valence-electron chi connectivity index (χ0n) is 22.7. The van der Waals surface area contributed by atoms with Gasteiger partial charge in [-0.3, -0.25) is 14.9 Å². The summed E-state index contributed by atoms with van der Waals surface area (Å²) in [6, 6.07) is -1.71. The summed E-state index contributed by atoms with van der Waals surface area (Å²) in [5.74, 6) is -2.22. The summed E-state index contributed by atoms with van der Waals surface area (Å²) in [5, 5.41) is 14.6. The Bertz CT molecular complexity index is 1210. The number of carbonyl (C=O) groups excluding carboxylic acids is 4. The standard InChI is InChI=1S/C22H31ClN8O7S/c1-20(2,3)36-17(34)22(7,8)38-30-13(16(33)27-11-10(9-25-31-24)26-15(11)32)12-14(23)39-18(28-12)29-19(35)37-21(4,5)6/h10-11H,9H2,1-8H3,(H,26,32)(H,27,33)(H,28,29,35)/b30-13-/t10-,11+/m0/s1. The molecular weight excluding hydrogens is 556 g/mol. The molecule has 214 valence electrons. The average Bonchev–Trinajstić information content (AvgIpc) is 3.11. The third-order valence-electron chi connectivity index (χ3n) is 4.53. The van der Waals surface area contributed by atoms with Crippen molar-refractivity contribution in [2.75, 3.05) is 11.9 Å². The number of rotatable bonds is 9. The van der Waals surface area contributed by atoms with E-state index in [-0.39, 0.29) is 21.7 Å². The van der Waals surface area contributed by atoms with Gasteiger partial charge in [-0.25, -0.2) is 14.6 Å². The molecule has 0 radical (unpaired) electrons. The van der Waals surface area contributed by atoms with E-state index in [0.717, 1.165) is 11.3 Å². The molecule has 0 aliphatic carbocycles. The first-order valence-electron chi connectivity index (χ1n) is 11.6. The molecule has 1 fully saturated rings. The molecule has 0 bridgehead atoms. The number of nitrogens with one attached hydrogen (secondary N) is 3. The van der Waals surface area contributed by atoms with E-state index in [1.165, 1.54) is 13.8 Å². The van der Waals surface area contributed by atoms with Crippen molar-refractivity contribution in [3.63, 3.8) is 0 Å². The third kappa shape index (κ3) is 9.26. The van der Waals surface area contributed by atoms with Crippen LogP contribution in [0, 0.1) is 0 Å². The number of azide groups is 1. The summed E-state index contributed by atoms with van der Waals surface area (Å²) < 4.78 is 10.5. The van der Waals surface area contributed by atoms with Crippen molar-refractivity contribution < 1.29 is 33.5 Å². The van der Waals surface area contributed by atoms with Gasteiger partial charge in [0.2, 0.25) is 11.5 Å². The number of carbonyl (C=O) groups is 4. The van der Waals surface area contributed by atoms with Gasteiger partial charge in [-0.05, 0) is 60.9 Å². The summed E-state index contributed by atoms with van der Waals surface area (Å²) in [6.07, 6.45) is -0.809. The third-order valence-corrected chi connectivity index (χ3v) is 5.70. The van der Waals surface area contributed by atoms with E-state index in [0.29, 0.717) is 0 Å². The van der Waals surface area contributed by atoms with Crippen LogP contribution in [0.3, 0.4) is 0 Å². The SMILES string of the molecule is CC(C)(C)OC(=O)Nc1nc(/C(=N/OC(C)(C)C(=O)OC(C)(C)C)C(=O)N[C@H]2C(=O)N[C@H]2CN=[N+]=[N-])c(Cl)s1. The van der Waals surface area contributed by atoms with E-state index in [9.17, 15) is 19.2 Å². The molecule has 1 aliphatic heterocycles. The van der Waals surface area contributed by atoms with Gasteiger partial charge in [0.1, 0.15) is 27.3 Å². The van der Waals surface area contributed by atoms with Crippen LogP contribution in [0.15, 0.2) is 10.3 Å². The van der Waals surface area contributed by atoms with Crippen molar-refractivity contribution in [2.45, 2.75) is 84.3 Å². The van der Waals surface area contributed by atoms with Crippen LogP contribution in [-0.2, 0) is 28.7 Å². The quantitative estimate of drug-likeness (QED) is 0.0742. The lowest BCUT2D eigenvalue weighted by Crippen LogP contribution is -2.70. The topological polar surface area (TPSA) is 206 Å². The van der Waals surface area contributed by atoms with Crippen LogP contribution >= 0.6 is 22.9 Å². The smallest absolute Gasteiger partial charge is 0.413 e. The molecule has 1 saturated heterocycles. The molecule has 0 aromatic carbocycles. The average molecular weight is 587 g/mol. The highest BCUT2D eigenvalue weighted by Gasteiger charge is 2.41. The Morgan fingerprint density at radius 3 is 2.28 bits per heavy atom. The largest absolute Gasteiger partial charge is 0.457 e. The highest BCUT2D eigenvalue weighted by molar-refractivity contribution is 7.20. The molecule has 39 heavy (non-hydrogen) atoms. The number of anilines is 1. The monoisotopic (exact) mass is 586 g/mol. The minimum Gasteiger partial charge on any atom is -0.457 e. The summed E-state index contributed by atoms with van der Waals surface area (Å²) in [6.45, 7) is 12.7. The van der Waals surface area contributed by atoms with Gasteiger partial charge < -0.3 is 24.9 Å². The van der Waals surface area contributed by atoms with Gasteiger partial charge in [0, 0.05) is 11.5 Å². The lowest BCUT2D eigenvalue weighted by Gasteiger charge is -2.36. The second kappa shape index (κ2) is 12.1. The minimum absolute atomic E-state index is 0.0150. The molecule has 1 aromatic heterocycles. The predicted molar refractivity (Wildman–Crippen MR) is 142 cm³/mol. The maximum Gasteiger partial charge on any atom is 0.413 e. The normalized spacial score (nSPS) is 17.7. The Morgan fingerprint density at radius 2 is 1.74 bits per heavy atom. The van der Waals surface area contributed by atoms with Crippen molar-refractivity contribution >= 4 is 57.7 Å². The van der Waals surface area contributed by atoms with Crippen LogP contribution in [0.2, 0.25) is 4.34 Å². The summed E-state index contributed by atoms with van der Waals surface area (Å²) >= 11 is 7.14.